The summed E-state index contributed by atoms with van der Waals surface area (Å²) in [5.74, 6) is -0.525. The van der Waals surface area contributed by atoms with Crippen molar-refractivity contribution in [1.29, 1.82) is 0 Å². The Labute approximate surface area is 130 Å². The van der Waals surface area contributed by atoms with Gasteiger partial charge < -0.3 is 4.74 Å². The van der Waals surface area contributed by atoms with E-state index < -0.39 is 21.0 Å². The fraction of sp³-hybridized carbons (Fsp3) is 0.400. The Morgan fingerprint density at radius 1 is 1.50 bits per heavy atom. The summed E-state index contributed by atoms with van der Waals surface area (Å²) < 4.78 is 37.0. The number of ether oxygens (including phenoxy) is 1. The average Bonchev–Trinajstić information content (AvgIpc) is 2.74. The van der Waals surface area contributed by atoms with Crippen molar-refractivity contribution in [3.8, 4) is 0 Å². The van der Waals surface area contributed by atoms with E-state index in [-0.39, 0.29) is 41.1 Å². The second-order valence-electron chi connectivity index (χ2n) is 3.84. The Hall–Kier alpha value is -1.13. The van der Waals surface area contributed by atoms with Gasteiger partial charge in [-0.05, 0) is 23.8 Å². The van der Waals surface area contributed by atoms with Gasteiger partial charge in [0.2, 0.25) is 0 Å². The van der Waals surface area contributed by atoms with E-state index in [2.05, 4.69) is 15.4 Å². The molecule has 1 aliphatic heterocycles. The number of nitrogens with zero attached hydrogens (tertiary/aromatic N) is 3. The molecule has 1 aliphatic carbocycles. The maximum atomic E-state index is 11.5. The molecule has 0 bridgehead atoms. The molecule has 0 aromatic rings. The van der Waals surface area contributed by atoms with Crippen molar-refractivity contribution in [1.82, 2.24) is 0 Å². The maximum absolute atomic E-state index is 11.5. The van der Waals surface area contributed by atoms with Crippen LogP contribution in [0.5, 0.6) is 0 Å². The molecule has 1 heterocycles. The third-order valence-electron chi connectivity index (χ3n) is 2.63. The minimum Gasteiger partial charge on any atom is -0.466 e. The maximum Gasteiger partial charge on any atom is 0.310 e. The van der Waals surface area contributed by atoms with Crippen molar-refractivity contribution in [3.63, 3.8) is 0 Å². The molecule has 0 amide bonds. The van der Waals surface area contributed by atoms with Crippen LogP contribution in [0.1, 0.15) is 13.3 Å². The number of rotatable bonds is 4. The van der Waals surface area contributed by atoms with Gasteiger partial charge in [-0.2, -0.15) is 8.42 Å². The first-order valence-electron chi connectivity index (χ1n) is 5.42. The molecule has 10 heteroatoms. The van der Waals surface area contributed by atoms with E-state index >= 15 is 0 Å². The van der Waals surface area contributed by atoms with Crippen LogP contribution in [0.4, 0.5) is 0 Å². The molecule has 0 fully saturated rings. The number of allylic oxidation sites excluding steroid dienone is 2. The normalized spacial score (nSPS) is 23.5. The number of carbonyl (C=O) groups is 1. The smallest absolute Gasteiger partial charge is 0.310 e. The van der Waals surface area contributed by atoms with Crippen molar-refractivity contribution in [2.75, 3.05) is 6.61 Å². The van der Waals surface area contributed by atoms with Gasteiger partial charge >= 0.3 is 16.1 Å². The van der Waals surface area contributed by atoms with Crippen molar-refractivity contribution in [3.05, 3.63) is 23.8 Å². The molecule has 1 radical (unpaired) electrons. The summed E-state index contributed by atoms with van der Waals surface area (Å²) in [5.41, 5.74) is 0.217. The van der Waals surface area contributed by atoms with Gasteiger partial charge in [0.15, 0.2) is 0 Å². The number of carbonyl (C=O) groups excluding carboxylic acids is 1. The van der Waals surface area contributed by atoms with Crippen LogP contribution in [0.15, 0.2) is 39.2 Å². The minimum atomic E-state index is -4.58. The molecule has 1 atom stereocenters. The summed E-state index contributed by atoms with van der Waals surface area (Å²) in [5, 5.41) is 10.4. The number of esters is 1. The van der Waals surface area contributed by atoms with E-state index in [1.807, 2.05) is 0 Å². The monoisotopic (exact) mass is 392 g/mol. The summed E-state index contributed by atoms with van der Waals surface area (Å²) in [6.07, 6.45) is 3.88. The molecular weight excluding hydrogens is 382 g/mol. The summed E-state index contributed by atoms with van der Waals surface area (Å²) in [6, 6.07) is 0. The van der Waals surface area contributed by atoms with Gasteiger partial charge in [-0.15, -0.1) is 10.2 Å². The molecule has 20 heavy (non-hydrogen) atoms. The molecule has 1 N–H and O–H groups in total. The van der Waals surface area contributed by atoms with E-state index in [0.717, 1.165) is 6.08 Å². The number of hydrogen-bond donors (Lipinski definition) is 1. The zero-order valence-corrected chi connectivity index (χ0v) is 12.6. The summed E-state index contributed by atoms with van der Waals surface area (Å²) >= 11 is 0. The third kappa shape index (κ3) is 2.81. The van der Waals surface area contributed by atoms with Gasteiger partial charge in [-0.25, -0.2) is 0 Å². The first kappa shape index (κ1) is 16.9. The molecular formula is C10H11AgN3O5S. The van der Waals surface area contributed by atoms with Crippen LogP contribution in [0, 0.1) is 0 Å². The Bertz CT molecular complexity index is 637. The fourth-order valence-corrected chi connectivity index (χ4v) is 2.61. The van der Waals surface area contributed by atoms with Gasteiger partial charge in [-0.1, -0.05) is 12.2 Å². The second kappa shape index (κ2) is 6.10. The first-order valence-corrected chi connectivity index (χ1v) is 6.86. The van der Waals surface area contributed by atoms with Gasteiger partial charge in [0.05, 0.1) is 13.0 Å². The van der Waals surface area contributed by atoms with Crippen LogP contribution in [0.3, 0.4) is 0 Å². The molecule has 0 aromatic carbocycles. The number of fused-ring (bicyclic) bond motifs is 1. The Morgan fingerprint density at radius 2 is 2.20 bits per heavy atom. The average molecular weight is 393 g/mol. The molecule has 8 nitrogen and oxygen atoms in total. The van der Waals surface area contributed by atoms with Crippen molar-refractivity contribution in [2.24, 2.45) is 15.4 Å². The van der Waals surface area contributed by atoms with Gasteiger partial charge in [-0.3, -0.25) is 9.35 Å². The molecule has 0 saturated heterocycles. The molecule has 113 valence electrons. The van der Waals surface area contributed by atoms with Crippen LogP contribution < -0.4 is 0 Å². The van der Waals surface area contributed by atoms with Crippen LogP contribution in [0.25, 0.3) is 0 Å². The van der Waals surface area contributed by atoms with Crippen LogP contribution in [0.2, 0.25) is 0 Å². The predicted molar refractivity (Wildman–Crippen MR) is 65.0 cm³/mol. The molecule has 1 unspecified atom stereocenters. The summed E-state index contributed by atoms with van der Waals surface area (Å²) in [7, 11) is -4.58. The standard InChI is InChI=1S/C10H11N3O5S.Ag/c1-2-18-8(14)6-7-4-3-5-10(19(15,16)17)9(7)11-13-12-10;/h3-5H,2,6H2,1H3,(H,15,16,17);. The van der Waals surface area contributed by atoms with Gasteiger partial charge in [0, 0.05) is 22.4 Å². The van der Waals surface area contributed by atoms with Gasteiger partial charge in [0.1, 0.15) is 5.71 Å². The number of hydrogen-bond acceptors (Lipinski definition) is 7. The first-order chi connectivity index (χ1) is 8.90. The van der Waals surface area contributed by atoms with E-state index in [1.54, 1.807) is 6.92 Å². The Kier molecular flexibility index (Phi) is 5.16. The van der Waals surface area contributed by atoms with Gasteiger partial charge in [0.25, 0.3) is 4.87 Å². The van der Waals surface area contributed by atoms with Crippen molar-refractivity contribution < 1.29 is 44.9 Å². The van der Waals surface area contributed by atoms with E-state index in [9.17, 15) is 17.8 Å². The summed E-state index contributed by atoms with van der Waals surface area (Å²) in [4.78, 5) is 9.40. The summed E-state index contributed by atoms with van der Waals surface area (Å²) in [6.45, 7) is 1.87. The second-order valence-corrected chi connectivity index (χ2v) is 5.41. The molecule has 2 rings (SSSR count). The topological polar surface area (TPSA) is 118 Å². The zero-order chi connectivity index (χ0) is 14.1. The van der Waals surface area contributed by atoms with E-state index in [4.69, 9.17) is 4.74 Å². The SMILES string of the molecule is CCOC(=O)CC1=CC=CC2(S(=O)(=O)O)N=NN=C12.[Ag]. The van der Waals surface area contributed by atoms with E-state index in [0.29, 0.717) is 5.57 Å². The minimum absolute atomic E-state index is 0. The molecule has 2 aliphatic rings. The largest absolute Gasteiger partial charge is 0.466 e. The van der Waals surface area contributed by atoms with Crippen LogP contribution in [-0.4, -0.2) is 36.1 Å². The Balaban J connectivity index is 0.00000200. The van der Waals surface area contributed by atoms with E-state index in [1.165, 1.54) is 12.2 Å². The quantitative estimate of drug-likeness (QED) is 0.432. The fourth-order valence-electron chi connectivity index (χ4n) is 1.80. The molecule has 0 spiro atoms. The van der Waals surface area contributed by atoms with Crippen LogP contribution in [-0.2, 0) is 42.0 Å². The molecule has 0 aromatic heterocycles. The predicted octanol–water partition coefficient (Wildman–Crippen LogP) is 0.839. The van der Waals surface area contributed by atoms with Crippen molar-refractivity contribution in [2.45, 2.75) is 18.2 Å². The van der Waals surface area contributed by atoms with Crippen molar-refractivity contribution >= 4 is 21.8 Å². The zero-order valence-electron chi connectivity index (χ0n) is 10.3. The Morgan fingerprint density at radius 3 is 2.80 bits per heavy atom. The third-order valence-corrected chi connectivity index (χ3v) is 3.83. The van der Waals surface area contributed by atoms with Crippen LogP contribution >= 0.6 is 0 Å². The molecule has 0 saturated carbocycles.